The summed E-state index contributed by atoms with van der Waals surface area (Å²) in [5.41, 5.74) is 1.48. The average Bonchev–Trinajstić information content (AvgIpc) is 2.45. The van der Waals surface area contributed by atoms with Crippen LogP contribution in [0.15, 0.2) is 30.0 Å². The van der Waals surface area contributed by atoms with Crippen molar-refractivity contribution in [3.8, 4) is 5.75 Å². The van der Waals surface area contributed by atoms with Crippen molar-refractivity contribution in [2.45, 2.75) is 6.92 Å². The fourth-order valence-electron chi connectivity index (χ4n) is 1.50. The maximum Gasteiger partial charge on any atom is 0.354 e. The molecule has 1 aromatic rings. The van der Waals surface area contributed by atoms with Crippen LogP contribution in [0.2, 0.25) is 0 Å². The lowest BCUT2D eigenvalue weighted by molar-refractivity contribution is -0.138. The Balaban J connectivity index is 3.13. The van der Waals surface area contributed by atoms with Gasteiger partial charge in [-0.2, -0.15) is 0 Å². The van der Waals surface area contributed by atoms with Gasteiger partial charge in [-0.05, 0) is 24.6 Å². The third-order valence-electron chi connectivity index (χ3n) is 2.49. The van der Waals surface area contributed by atoms with Gasteiger partial charge in [-0.15, -0.1) is 0 Å². The Morgan fingerprint density at radius 3 is 2.40 bits per heavy atom. The van der Waals surface area contributed by atoms with Crippen LogP contribution in [0, 0.1) is 6.92 Å². The molecular weight excluding hydrogens is 262 g/mol. The van der Waals surface area contributed by atoms with Gasteiger partial charge in [0, 0.05) is 0 Å². The number of ether oxygens (including phenoxy) is 3. The molecule has 0 saturated heterocycles. The molecular formula is C14H17NO5. The summed E-state index contributed by atoms with van der Waals surface area (Å²) >= 11 is 0. The molecule has 6 heteroatoms. The first-order chi connectivity index (χ1) is 9.51. The second-order valence-corrected chi connectivity index (χ2v) is 3.90. The topological polar surface area (TPSA) is 73.9 Å². The Bertz CT molecular complexity index is 536. The van der Waals surface area contributed by atoms with E-state index in [2.05, 4.69) is 14.8 Å². The minimum absolute atomic E-state index is 0.0387. The lowest BCUT2D eigenvalue weighted by Gasteiger charge is -2.13. The fraction of sp³-hybridized carbons (Fsp3) is 0.286. The molecule has 0 amide bonds. The molecule has 0 aliphatic carbocycles. The quantitative estimate of drug-likeness (QED) is 0.652. The summed E-state index contributed by atoms with van der Waals surface area (Å²) in [4.78, 5) is 22.9. The molecule has 0 aliphatic rings. The zero-order valence-electron chi connectivity index (χ0n) is 11.9. The fourth-order valence-corrected chi connectivity index (χ4v) is 1.50. The van der Waals surface area contributed by atoms with E-state index in [0.717, 1.165) is 11.6 Å². The largest absolute Gasteiger partial charge is 0.495 e. The van der Waals surface area contributed by atoms with E-state index < -0.39 is 11.9 Å². The van der Waals surface area contributed by atoms with Crippen molar-refractivity contribution in [1.29, 1.82) is 0 Å². The van der Waals surface area contributed by atoms with Crippen molar-refractivity contribution < 1.29 is 23.8 Å². The predicted molar refractivity (Wildman–Crippen MR) is 73.5 cm³/mol. The highest BCUT2D eigenvalue weighted by atomic mass is 16.5. The van der Waals surface area contributed by atoms with Gasteiger partial charge in [0.05, 0.1) is 33.1 Å². The number of carbonyl (C=O) groups excluding carboxylic acids is 2. The van der Waals surface area contributed by atoms with Gasteiger partial charge >= 0.3 is 11.9 Å². The van der Waals surface area contributed by atoms with Crippen LogP contribution in [0.1, 0.15) is 5.56 Å². The first kappa shape index (κ1) is 15.6. The van der Waals surface area contributed by atoms with E-state index in [9.17, 15) is 9.59 Å². The molecule has 0 spiro atoms. The van der Waals surface area contributed by atoms with Crippen LogP contribution in [0.25, 0.3) is 0 Å². The number of nitrogens with one attached hydrogen (secondary N) is 1. The Hall–Kier alpha value is -2.50. The van der Waals surface area contributed by atoms with Crippen molar-refractivity contribution in [3.63, 3.8) is 0 Å². The third kappa shape index (κ3) is 4.01. The molecule has 0 radical (unpaired) electrons. The van der Waals surface area contributed by atoms with Gasteiger partial charge in [0.25, 0.3) is 0 Å². The highest BCUT2D eigenvalue weighted by Crippen LogP contribution is 2.26. The number of hydrogen-bond acceptors (Lipinski definition) is 6. The van der Waals surface area contributed by atoms with Crippen LogP contribution in [-0.4, -0.2) is 33.3 Å². The van der Waals surface area contributed by atoms with E-state index >= 15 is 0 Å². The summed E-state index contributed by atoms with van der Waals surface area (Å²) in [5.74, 6) is -0.807. The first-order valence-electron chi connectivity index (χ1n) is 5.81. The predicted octanol–water partition coefficient (Wildman–Crippen LogP) is 1.65. The molecule has 0 saturated carbocycles. The normalized spacial score (nSPS) is 10.7. The summed E-state index contributed by atoms with van der Waals surface area (Å²) in [5, 5.41) is 2.82. The maximum atomic E-state index is 11.7. The minimum Gasteiger partial charge on any atom is -0.495 e. The van der Waals surface area contributed by atoms with Gasteiger partial charge in [0.15, 0.2) is 0 Å². The standard InChI is InChI=1S/C14H17NO5/c1-9-5-6-12(18-2)10(7-9)15-11(14(17)20-4)8-13(16)19-3/h5-8,15H,1-4H3/b11-8+. The van der Waals surface area contributed by atoms with E-state index in [1.807, 2.05) is 13.0 Å². The molecule has 0 aromatic heterocycles. The number of rotatable bonds is 5. The second kappa shape index (κ2) is 7.18. The van der Waals surface area contributed by atoms with Crippen molar-refractivity contribution >= 4 is 17.6 Å². The van der Waals surface area contributed by atoms with Crippen molar-refractivity contribution in [1.82, 2.24) is 0 Å². The van der Waals surface area contributed by atoms with Crippen LogP contribution >= 0.6 is 0 Å². The molecule has 0 unspecified atom stereocenters. The number of aryl methyl sites for hydroxylation is 1. The van der Waals surface area contributed by atoms with Crippen LogP contribution in [0.4, 0.5) is 5.69 Å². The monoisotopic (exact) mass is 279 g/mol. The lowest BCUT2D eigenvalue weighted by atomic mass is 10.2. The average molecular weight is 279 g/mol. The van der Waals surface area contributed by atoms with Gasteiger partial charge in [-0.25, -0.2) is 9.59 Å². The molecule has 1 N–H and O–H groups in total. The number of anilines is 1. The Morgan fingerprint density at radius 2 is 1.85 bits per heavy atom. The smallest absolute Gasteiger partial charge is 0.354 e. The summed E-state index contributed by atoms with van der Waals surface area (Å²) < 4.78 is 14.3. The summed E-state index contributed by atoms with van der Waals surface area (Å²) in [6.45, 7) is 1.90. The number of esters is 2. The number of benzene rings is 1. The van der Waals surface area contributed by atoms with Gasteiger partial charge in [-0.1, -0.05) is 6.07 Å². The van der Waals surface area contributed by atoms with Gasteiger partial charge < -0.3 is 19.5 Å². The molecule has 0 atom stereocenters. The van der Waals surface area contributed by atoms with Gasteiger partial charge in [0.1, 0.15) is 11.4 Å². The summed E-state index contributed by atoms with van der Waals surface area (Å²) in [7, 11) is 3.96. The van der Waals surface area contributed by atoms with E-state index in [-0.39, 0.29) is 5.70 Å². The Labute approximate surface area is 117 Å². The second-order valence-electron chi connectivity index (χ2n) is 3.90. The third-order valence-corrected chi connectivity index (χ3v) is 2.49. The Morgan fingerprint density at radius 1 is 1.15 bits per heavy atom. The van der Waals surface area contributed by atoms with Crippen molar-refractivity contribution in [2.75, 3.05) is 26.6 Å². The lowest BCUT2D eigenvalue weighted by Crippen LogP contribution is -2.16. The van der Waals surface area contributed by atoms with E-state index in [4.69, 9.17) is 4.74 Å². The maximum absolute atomic E-state index is 11.7. The van der Waals surface area contributed by atoms with E-state index in [1.165, 1.54) is 21.3 Å². The molecule has 6 nitrogen and oxygen atoms in total. The molecule has 0 aliphatic heterocycles. The minimum atomic E-state index is -0.682. The molecule has 1 aromatic carbocycles. The highest BCUT2D eigenvalue weighted by Gasteiger charge is 2.14. The Kier molecular flexibility index (Phi) is 5.58. The summed E-state index contributed by atoms with van der Waals surface area (Å²) in [6.07, 6.45) is 1.02. The molecule has 0 heterocycles. The van der Waals surface area contributed by atoms with Crippen LogP contribution in [0.5, 0.6) is 5.75 Å². The zero-order valence-corrected chi connectivity index (χ0v) is 11.9. The molecule has 20 heavy (non-hydrogen) atoms. The zero-order chi connectivity index (χ0) is 15.1. The van der Waals surface area contributed by atoms with Crippen molar-refractivity contribution in [2.24, 2.45) is 0 Å². The molecule has 1 rings (SSSR count). The highest BCUT2D eigenvalue weighted by molar-refractivity contribution is 5.99. The number of hydrogen-bond donors (Lipinski definition) is 1. The van der Waals surface area contributed by atoms with Gasteiger partial charge in [-0.3, -0.25) is 0 Å². The molecule has 0 bridgehead atoms. The van der Waals surface area contributed by atoms with Crippen LogP contribution in [0.3, 0.4) is 0 Å². The number of carbonyl (C=O) groups is 2. The first-order valence-corrected chi connectivity index (χ1v) is 5.81. The number of methoxy groups -OCH3 is 3. The van der Waals surface area contributed by atoms with Crippen LogP contribution in [-0.2, 0) is 19.1 Å². The van der Waals surface area contributed by atoms with Gasteiger partial charge in [0.2, 0.25) is 0 Å². The van der Waals surface area contributed by atoms with Crippen LogP contribution < -0.4 is 10.1 Å². The summed E-state index contributed by atoms with van der Waals surface area (Å²) in [6, 6.07) is 5.41. The molecule has 108 valence electrons. The molecule has 0 fully saturated rings. The van der Waals surface area contributed by atoms with E-state index in [0.29, 0.717) is 11.4 Å². The SMILES string of the molecule is COC(=O)/C=C(/Nc1cc(C)ccc1OC)C(=O)OC. The van der Waals surface area contributed by atoms with E-state index in [1.54, 1.807) is 12.1 Å². The van der Waals surface area contributed by atoms with Crippen molar-refractivity contribution in [3.05, 3.63) is 35.5 Å².